The Morgan fingerprint density at radius 2 is 1.94 bits per heavy atom. The zero-order valence-corrected chi connectivity index (χ0v) is 9.91. The summed E-state index contributed by atoms with van der Waals surface area (Å²) < 4.78 is 5.05. The number of pyridine rings is 1. The lowest BCUT2D eigenvalue weighted by Crippen LogP contribution is -2.03. The fraction of sp³-hybridized carbons (Fsp3) is 0.143. The van der Waals surface area contributed by atoms with E-state index in [0.29, 0.717) is 23.2 Å². The smallest absolute Gasteiger partial charge is 0.168 e. The van der Waals surface area contributed by atoms with Crippen LogP contribution in [0.5, 0.6) is 5.75 Å². The molecule has 2 aromatic rings. The normalized spacial score (nSPS) is 11.9. The molecule has 4 nitrogen and oxygen atoms in total. The molecule has 1 N–H and O–H groups in total. The number of carbonyl (C=O) groups is 1. The summed E-state index contributed by atoms with van der Waals surface area (Å²) in [5.74, 6) is 0.723. The van der Waals surface area contributed by atoms with Crippen LogP contribution in [0.4, 0.5) is 0 Å². The molecule has 1 atom stereocenters. The standard InChI is InChI=1S/C14H13NO3/c1-18-12-7-5-10(6-8-12)14(17)13-4-2-3-11(9-16)15-13/h2-9,14,17H,1H3. The van der Waals surface area contributed by atoms with Crippen molar-refractivity contribution in [1.29, 1.82) is 0 Å². The van der Waals surface area contributed by atoms with Crippen molar-refractivity contribution in [1.82, 2.24) is 4.98 Å². The Labute approximate surface area is 105 Å². The summed E-state index contributed by atoms with van der Waals surface area (Å²) >= 11 is 0. The highest BCUT2D eigenvalue weighted by Crippen LogP contribution is 2.22. The number of carbonyl (C=O) groups excluding carboxylic acids is 1. The molecule has 0 saturated carbocycles. The molecule has 0 radical (unpaired) electrons. The number of aromatic nitrogens is 1. The molecule has 0 amide bonds. The average Bonchev–Trinajstić information content (AvgIpc) is 2.46. The molecule has 0 aliphatic carbocycles. The predicted molar refractivity (Wildman–Crippen MR) is 66.7 cm³/mol. The average molecular weight is 243 g/mol. The number of rotatable bonds is 4. The van der Waals surface area contributed by atoms with E-state index in [9.17, 15) is 9.90 Å². The minimum atomic E-state index is -0.851. The molecule has 0 aliphatic heterocycles. The van der Waals surface area contributed by atoms with E-state index in [1.54, 1.807) is 49.6 Å². The second kappa shape index (κ2) is 5.42. The van der Waals surface area contributed by atoms with Crippen molar-refractivity contribution in [2.75, 3.05) is 7.11 Å². The van der Waals surface area contributed by atoms with Gasteiger partial charge in [0.1, 0.15) is 17.5 Å². The van der Waals surface area contributed by atoms with Gasteiger partial charge in [-0.25, -0.2) is 4.98 Å². The summed E-state index contributed by atoms with van der Waals surface area (Å²) in [4.78, 5) is 14.7. The van der Waals surface area contributed by atoms with Gasteiger partial charge in [0.25, 0.3) is 0 Å². The first-order valence-corrected chi connectivity index (χ1v) is 5.48. The van der Waals surface area contributed by atoms with E-state index in [1.165, 1.54) is 0 Å². The number of methoxy groups -OCH3 is 1. The molecule has 1 heterocycles. The highest BCUT2D eigenvalue weighted by atomic mass is 16.5. The van der Waals surface area contributed by atoms with Gasteiger partial charge in [0.15, 0.2) is 6.29 Å². The number of nitrogens with zero attached hydrogens (tertiary/aromatic N) is 1. The number of hydrogen-bond acceptors (Lipinski definition) is 4. The summed E-state index contributed by atoms with van der Waals surface area (Å²) in [5, 5.41) is 10.2. The van der Waals surface area contributed by atoms with Gasteiger partial charge in [-0.1, -0.05) is 18.2 Å². The fourth-order valence-electron chi connectivity index (χ4n) is 1.64. The minimum Gasteiger partial charge on any atom is -0.497 e. The Bertz CT molecular complexity index is 537. The summed E-state index contributed by atoms with van der Waals surface area (Å²) in [7, 11) is 1.58. The lowest BCUT2D eigenvalue weighted by atomic mass is 10.1. The zero-order chi connectivity index (χ0) is 13.0. The molecule has 1 aromatic carbocycles. The summed E-state index contributed by atoms with van der Waals surface area (Å²) in [6.07, 6.45) is -0.194. The Hall–Kier alpha value is -2.20. The lowest BCUT2D eigenvalue weighted by molar-refractivity contribution is 0.111. The van der Waals surface area contributed by atoms with Crippen LogP contribution in [0.25, 0.3) is 0 Å². The first-order chi connectivity index (χ1) is 8.74. The van der Waals surface area contributed by atoms with Gasteiger partial charge in [-0.05, 0) is 29.8 Å². The Kier molecular flexibility index (Phi) is 3.69. The highest BCUT2D eigenvalue weighted by molar-refractivity contribution is 5.71. The van der Waals surface area contributed by atoms with Gasteiger partial charge >= 0.3 is 0 Å². The van der Waals surface area contributed by atoms with Crippen LogP contribution in [-0.4, -0.2) is 23.5 Å². The van der Waals surface area contributed by atoms with Gasteiger partial charge in [-0.15, -0.1) is 0 Å². The first kappa shape index (κ1) is 12.3. The monoisotopic (exact) mass is 243 g/mol. The molecule has 92 valence electrons. The molecule has 1 unspecified atom stereocenters. The predicted octanol–water partition coefficient (Wildman–Crippen LogP) is 1.98. The number of ether oxygens (including phenoxy) is 1. The molecular weight excluding hydrogens is 230 g/mol. The molecule has 0 spiro atoms. The van der Waals surface area contributed by atoms with Crippen molar-refractivity contribution in [2.24, 2.45) is 0 Å². The van der Waals surface area contributed by atoms with Gasteiger partial charge in [0, 0.05) is 0 Å². The van der Waals surface area contributed by atoms with Crippen LogP contribution >= 0.6 is 0 Å². The van der Waals surface area contributed by atoms with Crippen molar-refractivity contribution in [3.8, 4) is 5.75 Å². The van der Waals surface area contributed by atoms with Gasteiger partial charge in [0.05, 0.1) is 12.8 Å². The van der Waals surface area contributed by atoms with E-state index in [-0.39, 0.29) is 0 Å². The third-order valence-corrected chi connectivity index (χ3v) is 2.62. The molecule has 0 fully saturated rings. The van der Waals surface area contributed by atoms with Crippen LogP contribution in [0, 0.1) is 0 Å². The summed E-state index contributed by atoms with van der Waals surface area (Å²) in [6.45, 7) is 0. The lowest BCUT2D eigenvalue weighted by Gasteiger charge is -2.11. The molecule has 1 aromatic heterocycles. The topological polar surface area (TPSA) is 59.4 Å². The van der Waals surface area contributed by atoms with Crippen molar-refractivity contribution in [3.63, 3.8) is 0 Å². The van der Waals surface area contributed by atoms with E-state index in [0.717, 1.165) is 5.75 Å². The molecular formula is C14H13NO3. The van der Waals surface area contributed by atoms with Gasteiger partial charge in [-0.2, -0.15) is 0 Å². The molecule has 2 rings (SSSR count). The second-order valence-corrected chi connectivity index (χ2v) is 3.78. The van der Waals surface area contributed by atoms with Crippen LogP contribution in [0.1, 0.15) is 27.8 Å². The van der Waals surface area contributed by atoms with E-state index >= 15 is 0 Å². The van der Waals surface area contributed by atoms with Gasteiger partial charge < -0.3 is 9.84 Å². The van der Waals surface area contributed by atoms with Crippen LogP contribution in [-0.2, 0) is 0 Å². The van der Waals surface area contributed by atoms with Gasteiger partial charge in [-0.3, -0.25) is 4.79 Å². The third kappa shape index (κ3) is 2.55. The van der Waals surface area contributed by atoms with Crippen molar-refractivity contribution >= 4 is 6.29 Å². The largest absolute Gasteiger partial charge is 0.497 e. The maximum absolute atomic E-state index is 10.6. The Balaban J connectivity index is 2.28. The molecule has 0 aliphatic rings. The van der Waals surface area contributed by atoms with E-state index in [1.807, 2.05) is 0 Å². The molecule has 18 heavy (non-hydrogen) atoms. The minimum absolute atomic E-state index is 0.306. The van der Waals surface area contributed by atoms with E-state index in [2.05, 4.69) is 4.98 Å². The number of benzene rings is 1. The first-order valence-electron chi connectivity index (χ1n) is 5.48. The zero-order valence-electron chi connectivity index (χ0n) is 9.91. The number of hydrogen-bond donors (Lipinski definition) is 1. The van der Waals surface area contributed by atoms with Crippen LogP contribution < -0.4 is 4.74 Å². The maximum Gasteiger partial charge on any atom is 0.168 e. The van der Waals surface area contributed by atoms with Crippen molar-refractivity contribution < 1.29 is 14.6 Å². The molecule has 0 saturated heterocycles. The number of aliphatic hydroxyl groups is 1. The van der Waals surface area contributed by atoms with Crippen LogP contribution in [0.2, 0.25) is 0 Å². The Morgan fingerprint density at radius 1 is 1.22 bits per heavy atom. The number of aliphatic hydroxyl groups excluding tert-OH is 1. The quantitative estimate of drug-likeness (QED) is 0.834. The van der Waals surface area contributed by atoms with E-state index in [4.69, 9.17) is 4.74 Å². The molecule has 4 heteroatoms. The maximum atomic E-state index is 10.6. The second-order valence-electron chi connectivity index (χ2n) is 3.78. The van der Waals surface area contributed by atoms with Crippen molar-refractivity contribution in [3.05, 3.63) is 59.4 Å². The van der Waals surface area contributed by atoms with E-state index < -0.39 is 6.10 Å². The highest BCUT2D eigenvalue weighted by Gasteiger charge is 2.12. The fourth-order valence-corrected chi connectivity index (χ4v) is 1.64. The van der Waals surface area contributed by atoms with Crippen LogP contribution in [0.3, 0.4) is 0 Å². The molecule has 0 bridgehead atoms. The van der Waals surface area contributed by atoms with Crippen LogP contribution in [0.15, 0.2) is 42.5 Å². The van der Waals surface area contributed by atoms with Crippen molar-refractivity contribution in [2.45, 2.75) is 6.10 Å². The summed E-state index contributed by atoms with van der Waals surface area (Å²) in [5.41, 5.74) is 1.45. The summed E-state index contributed by atoms with van der Waals surface area (Å²) in [6, 6.07) is 12.0. The number of aldehydes is 1. The Morgan fingerprint density at radius 3 is 2.56 bits per heavy atom. The van der Waals surface area contributed by atoms with Gasteiger partial charge in [0.2, 0.25) is 0 Å². The SMILES string of the molecule is COc1ccc(C(O)c2cccc(C=O)n2)cc1. The third-order valence-electron chi connectivity index (χ3n) is 2.62.